The molecule has 0 bridgehead atoms. The molecule has 0 aliphatic heterocycles. The molecule has 2 aliphatic rings. The van der Waals surface area contributed by atoms with E-state index in [2.05, 4.69) is 10.3 Å². The molecule has 1 heterocycles. The van der Waals surface area contributed by atoms with Crippen molar-refractivity contribution in [2.24, 2.45) is 17.6 Å². The summed E-state index contributed by atoms with van der Waals surface area (Å²) in [4.78, 5) is 17.1. The molecule has 1 aromatic heterocycles. The van der Waals surface area contributed by atoms with E-state index < -0.39 is 0 Å². The molecule has 5 heteroatoms. The lowest BCUT2D eigenvalue weighted by Gasteiger charge is -2.30. The van der Waals surface area contributed by atoms with E-state index in [1.807, 2.05) is 11.6 Å². The Balaban J connectivity index is 1.76. The molecule has 0 radical (unpaired) electrons. The van der Waals surface area contributed by atoms with Crippen LogP contribution in [-0.2, 0) is 10.3 Å². The summed E-state index contributed by atoms with van der Waals surface area (Å²) in [7, 11) is 0. The van der Waals surface area contributed by atoms with E-state index >= 15 is 0 Å². The molecule has 1 aromatic rings. The molecule has 2 aliphatic carbocycles. The monoisotopic (exact) mass is 293 g/mol. The average Bonchev–Trinajstić information content (AvgIpc) is 3.19. The molecule has 0 aromatic carbocycles. The first-order chi connectivity index (χ1) is 9.75. The largest absolute Gasteiger partial charge is 0.344 e. The summed E-state index contributed by atoms with van der Waals surface area (Å²) in [5, 5.41) is 6.43. The summed E-state index contributed by atoms with van der Waals surface area (Å²) in [6.45, 7) is 0.627. The molecule has 3 rings (SSSR count). The van der Waals surface area contributed by atoms with Crippen LogP contribution in [0.5, 0.6) is 0 Å². The standard InChI is InChI=1S/C15H23N3OS/c16-10-11-4-3-5-12(11)13(19)18-15(6-1-2-7-15)14-17-8-9-20-14/h8-9,11-12H,1-7,10,16H2,(H,18,19)/t11-,12-/m1/s1. The Hall–Kier alpha value is -0.940. The number of rotatable bonds is 4. The summed E-state index contributed by atoms with van der Waals surface area (Å²) < 4.78 is 0. The highest BCUT2D eigenvalue weighted by molar-refractivity contribution is 7.09. The van der Waals surface area contributed by atoms with Crippen LogP contribution in [0.1, 0.15) is 50.0 Å². The molecule has 3 N–H and O–H groups in total. The van der Waals surface area contributed by atoms with Gasteiger partial charge in [-0.3, -0.25) is 4.79 Å². The van der Waals surface area contributed by atoms with E-state index in [-0.39, 0.29) is 17.4 Å². The quantitative estimate of drug-likeness (QED) is 0.895. The second-order valence-electron chi connectivity index (χ2n) is 6.15. The molecular weight excluding hydrogens is 270 g/mol. The van der Waals surface area contributed by atoms with Crippen LogP contribution in [0.25, 0.3) is 0 Å². The van der Waals surface area contributed by atoms with Gasteiger partial charge in [-0.2, -0.15) is 0 Å². The molecular formula is C15H23N3OS. The van der Waals surface area contributed by atoms with Gasteiger partial charge in [-0.05, 0) is 38.1 Å². The SMILES string of the molecule is NC[C@H]1CCC[C@H]1C(=O)NC1(c2nccs2)CCCC1. The van der Waals surface area contributed by atoms with Gasteiger partial charge in [-0.25, -0.2) is 4.98 Å². The maximum absolute atomic E-state index is 12.7. The van der Waals surface area contributed by atoms with Gasteiger partial charge in [0.1, 0.15) is 5.01 Å². The van der Waals surface area contributed by atoms with Crippen LogP contribution in [0.4, 0.5) is 0 Å². The van der Waals surface area contributed by atoms with Crippen molar-refractivity contribution in [1.29, 1.82) is 0 Å². The zero-order valence-corrected chi connectivity index (χ0v) is 12.6. The van der Waals surface area contributed by atoms with Crippen LogP contribution < -0.4 is 11.1 Å². The van der Waals surface area contributed by atoms with Gasteiger partial charge < -0.3 is 11.1 Å². The summed E-state index contributed by atoms with van der Waals surface area (Å²) in [6.07, 6.45) is 9.43. The fourth-order valence-corrected chi connectivity index (χ4v) is 4.68. The van der Waals surface area contributed by atoms with Crippen LogP contribution in [-0.4, -0.2) is 17.4 Å². The van der Waals surface area contributed by atoms with Crippen LogP contribution >= 0.6 is 11.3 Å². The van der Waals surface area contributed by atoms with Gasteiger partial charge in [0.2, 0.25) is 5.91 Å². The van der Waals surface area contributed by atoms with E-state index in [4.69, 9.17) is 5.73 Å². The van der Waals surface area contributed by atoms with Crippen molar-refractivity contribution < 1.29 is 4.79 Å². The molecule has 2 saturated carbocycles. The number of nitrogens with one attached hydrogen (secondary N) is 1. The van der Waals surface area contributed by atoms with Crippen molar-refractivity contribution in [1.82, 2.24) is 10.3 Å². The van der Waals surface area contributed by atoms with Crippen molar-refractivity contribution >= 4 is 17.2 Å². The van der Waals surface area contributed by atoms with E-state index in [1.54, 1.807) is 11.3 Å². The Morgan fingerprint density at radius 2 is 2.20 bits per heavy atom. The topological polar surface area (TPSA) is 68.0 Å². The number of hydrogen-bond donors (Lipinski definition) is 2. The van der Waals surface area contributed by atoms with Crippen molar-refractivity contribution in [3.8, 4) is 0 Å². The minimum Gasteiger partial charge on any atom is -0.344 e. The lowest BCUT2D eigenvalue weighted by atomic mass is 9.92. The zero-order valence-electron chi connectivity index (χ0n) is 11.8. The molecule has 2 fully saturated rings. The number of nitrogens with zero attached hydrogens (tertiary/aromatic N) is 1. The zero-order chi connectivity index (χ0) is 14.0. The number of hydrogen-bond acceptors (Lipinski definition) is 4. The second kappa shape index (κ2) is 5.82. The van der Waals surface area contributed by atoms with Gasteiger partial charge in [0, 0.05) is 17.5 Å². The smallest absolute Gasteiger partial charge is 0.224 e. The molecule has 0 unspecified atom stereocenters. The molecule has 1 amide bonds. The lowest BCUT2D eigenvalue weighted by Crippen LogP contribution is -2.47. The van der Waals surface area contributed by atoms with Gasteiger partial charge in [0.05, 0.1) is 5.54 Å². The fourth-order valence-electron chi connectivity index (χ4n) is 3.82. The molecule has 4 nitrogen and oxygen atoms in total. The second-order valence-corrected chi connectivity index (χ2v) is 7.04. The van der Waals surface area contributed by atoms with Crippen molar-refractivity contribution in [2.75, 3.05) is 6.54 Å². The minimum atomic E-state index is -0.201. The summed E-state index contributed by atoms with van der Waals surface area (Å²) >= 11 is 1.66. The third-order valence-electron chi connectivity index (χ3n) is 4.96. The highest BCUT2D eigenvalue weighted by atomic mass is 32.1. The Morgan fingerprint density at radius 1 is 1.40 bits per heavy atom. The highest BCUT2D eigenvalue weighted by Crippen LogP contribution is 2.41. The van der Waals surface area contributed by atoms with Crippen LogP contribution in [0.15, 0.2) is 11.6 Å². The number of aromatic nitrogens is 1. The predicted octanol–water partition coefficient (Wildman–Crippen LogP) is 2.40. The predicted molar refractivity (Wildman–Crippen MR) is 80.3 cm³/mol. The average molecular weight is 293 g/mol. The van der Waals surface area contributed by atoms with Gasteiger partial charge >= 0.3 is 0 Å². The van der Waals surface area contributed by atoms with Crippen molar-refractivity contribution in [3.05, 3.63) is 16.6 Å². The van der Waals surface area contributed by atoms with Gasteiger partial charge in [-0.1, -0.05) is 19.3 Å². The maximum Gasteiger partial charge on any atom is 0.224 e. The van der Waals surface area contributed by atoms with Gasteiger partial charge in [0.15, 0.2) is 0 Å². The summed E-state index contributed by atoms with van der Waals surface area (Å²) in [5.41, 5.74) is 5.61. The minimum absolute atomic E-state index is 0.109. The number of thiazole rings is 1. The van der Waals surface area contributed by atoms with Gasteiger partial charge in [0.25, 0.3) is 0 Å². The number of carbonyl (C=O) groups is 1. The number of amides is 1. The van der Waals surface area contributed by atoms with E-state index in [0.29, 0.717) is 12.5 Å². The number of carbonyl (C=O) groups excluding carboxylic acids is 1. The molecule has 2 atom stereocenters. The Bertz CT molecular complexity index is 454. The van der Waals surface area contributed by atoms with Crippen LogP contribution in [0.3, 0.4) is 0 Å². The normalized spacial score (nSPS) is 28.6. The van der Waals surface area contributed by atoms with Crippen LogP contribution in [0, 0.1) is 11.8 Å². The third-order valence-corrected chi connectivity index (χ3v) is 5.94. The Kier molecular flexibility index (Phi) is 4.08. The Labute approximate surface area is 124 Å². The lowest BCUT2D eigenvalue weighted by molar-refractivity contribution is -0.128. The van der Waals surface area contributed by atoms with Crippen molar-refractivity contribution in [2.45, 2.75) is 50.5 Å². The highest BCUT2D eigenvalue weighted by Gasteiger charge is 2.42. The van der Waals surface area contributed by atoms with Crippen molar-refractivity contribution in [3.63, 3.8) is 0 Å². The van der Waals surface area contributed by atoms with Crippen LogP contribution in [0.2, 0.25) is 0 Å². The van der Waals surface area contributed by atoms with E-state index in [1.165, 1.54) is 12.8 Å². The van der Waals surface area contributed by atoms with Gasteiger partial charge in [-0.15, -0.1) is 11.3 Å². The third kappa shape index (κ3) is 2.49. The molecule has 0 spiro atoms. The van der Waals surface area contributed by atoms with E-state index in [9.17, 15) is 4.79 Å². The summed E-state index contributed by atoms with van der Waals surface area (Å²) in [6, 6.07) is 0. The molecule has 20 heavy (non-hydrogen) atoms. The molecule has 110 valence electrons. The Morgan fingerprint density at radius 3 is 2.85 bits per heavy atom. The fraction of sp³-hybridized carbons (Fsp3) is 0.733. The summed E-state index contributed by atoms with van der Waals surface area (Å²) in [5.74, 6) is 0.678. The van der Waals surface area contributed by atoms with E-state index in [0.717, 1.165) is 37.1 Å². The number of nitrogens with two attached hydrogens (primary N) is 1. The first-order valence-electron chi connectivity index (χ1n) is 7.67. The molecule has 0 saturated heterocycles. The first kappa shape index (κ1) is 14.0. The first-order valence-corrected chi connectivity index (χ1v) is 8.55. The maximum atomic E-state index is 12.7.